The maximum atomic E-state index is 14.8. The lowest BCUT2D eigenvalue weighted by molar-refractivity contribution is -0.133. The van der Waals surface area contributed by atoms with Gasteiger partial charge >= 0.3 is 0 Å². The molecule has 2 amide bonds. The Morgan fingerprint density at radius 2 is 1.69 bits per heavy atom. The fraction of sp³-hybridized carbons (Fsp3) is 0.590. The van der Waals surface area contributed by atoms with Crippen molar-refractivity contribution < 1.29 is 14.3 Å². The lowest BCUT2D eigenvalue weighted by Gasteiger charge is -2.46. The van der Waals surface area contributed by atoms with Crippen molar-refractivity contribution in [3.05, 3.63) is 65.2 Å². The number of aliphatic imine (C=N–C) groups is 1. The van der Waals surface area contributed by atoms with E-state index in [0.717, 1.165) is 61.8 Å². The van der Waals surface area contributed by atoms with Gasteiger partial charge in [-0.15, -0.1) is 0 Å². The Hall–Kier alpha value is -3.92. The molecule has 2 aromatic rings. The van der Waals surface area contributed by atoms with Crippen LogP contribution in [0.25, 0.3) is 0 Å². The number of nitrogens with two attached hydrogens (primary N) is 2. The minimum atomic E-state index is -0.632. The lowest BCUT2D eigenvalue weighted by Crippen LogP contribution is -2.51. The highest BCUT2D eigenvalue weighted by molar-refractivity contribution is 6.46. The second-order valence-corrected chi connectivity index (χ2v) is 16.5. The largest absolute Gasteiger partial charge is 0.494 e. The smallest absolute Gasteiger partial charge is 0.275 e. The number of hydrogen-bond donors (Lipinski definition) is 4. The van der Waals surface area contributed by atoms with Crippen molar-refractivity contribution in [1.29, 1.82) is 0 Å². The minimum Gasteiger partial charge on any atom is -0.494 e. The van der Waals surface area contributed by atoms with Gasteiger partial charge in [0.25, 0.3) is 11.8 Å². The SMILES string of the molecule is CC(C)C1CCC2(CC1)N=C(c1cccc(OCCC(C)(C)C)c1)C(=O)N2C(CCC(C)(C)C)c1ccc(C(=O)NC/C(=N/N)NN)cc1. The molecule has 1 unspecified atom stereocenters. The van der Waals surface area contributed by atoms with Crippen molar-refractivity contribution in [3.63, 3.8) is 0 Å². The number of carbonyl (C=O) groups is 2. The van der Waals surface area contributed by atoms with E-state index in [1.165, 1.54) is 0 Å². The summed E-state index contributed by atoms with van der Waals surface area (Å²) >= 11 is 0. The van der Waals surface area contributed by atoms with Crippen LogP contribution in [0.4, 0.5) is 0 Å². The molecule has 10 nitrogen and oxygen atoms in total. The van der Waals surface area contributed by atoms with E-state index in [9.17, 15) is 9.59 Å². The number of amides is 2. The van der Waals surface area contributed by atoms with Gasteiger partial charge in [-0.25, -0.2) is 5.84 Å². The molecule has 0 aromatic heterocycles. The molecule has 10 heteroatoms. The zero-order chi connectivity index (χ0) is 36.0. The van der Waals surface area contributed by atoms with Gasteiger partial charge in [-0.1, -0.05) is 79.7 Å². The van der Waals surface area contributed by atoms with E-state index in [1.54, 1.807) is 0 Å². The summed E-state index contributed by atoms with van der Waals surface area (Å²) in [6, 6.07) is 15.2. The Kier molecular flexibility index (Phi) is 12.2. The van der Waals surface area contributed by atoms with Gasteiger partial charge in [0.2, 0.25) is 0 Å². The summed E-state index contributed by atoms with van der Waals surface area (Å²) in [6.45, 7) is 18.6. The van der Waals surface area contributed by atoms with Gasteiger partial charge in [0.05, 0.1) is 19.2 Å². The number of ether oxygens (including phenoxy) is 1. The van der Waals surface area contributed by atoms with Crippen LogP contribution in [0.15, 0.2) is 58.6 Å². The maximum absolute atomic E-state index is 14.8. The van der Waals surface area contributed by atoms with Crippen LogP contribution in [0.2, 0.25) is 0 Å². The molecule has 6 N–H and O–H groups in total. The highest BCUT2D eigenvalue weighted by Gasteiger charge is 2.52. The maximum Gasteiger partial charge on any atom is 0.275 e. The molecule has 1 aliphatic carbocycles. The highest BCUT2D eigenvalue weighted by Crippen LogP contribution is 2.48. The summed E-state index contributed by atoms with van der Waals surface area (Å²) in [5.74, 6) is 12.6. The molecule has 4 rings (SSSR count). The number of hydrogen-bond acceptors (Lipinski definition) is 7. The number of hydrazine groups is 1. The Labute approximate surface area is 293 Å². The van der Waals surface area contributed by atoms with E-state index < -0.39 is 5.66 Å². The third-order valence-corrected chi connectivity index (χ3v) is 9.97. The van der Waals surface area contributed by atoms with Crippen molar-refractivity contribution in [3.8, 4) is 5.75 Å². The van der Waals surface area contributed by atoms with Crippen LogP contribution in [-0.2, 0) is 4.79 Å². The van der Waals surface area contributed by atoms with Crippen LogP contribution in [0.1, 0.15) is 128 Å². The molecule has 1 atom stereocenters. The predicted molar refractivity (Wildman–Crippen MR) is 198 cm³/mol. The predicted octanol–water partition coefficient (Wildman–Crippen LogP) is 6.71. The van der Waals surface area contributed by atoms with Gasteiger partial charge in [0.15, 0.2) is 5.84 Å². The summed E-state index contributed by atoms with van der Waals surface area (Å²) in [4.78, 5) is 35.3. The molecule has 1 aliphatic heterocycles. The zero-order valence-corrected chi connectivity index (χ0v) is 30.9. The fourth-order valence-corrected chi connectivity index (χ4v) is 6.83. The summed E-state index contributed by atoms with van der Waals surface area (Å²) in [5, 5.41) is 6.30. The Morgan fingerprint density at radius 1 is 1.04 bits per heavy atom. The standard InChI is InChI=1S/C39H59N7O3/c1-26(2)27-16-20-39(21-17-27)43-34(30-10-9-11-31(24-30)49-23-22-38(6,7)8)36(48)46(39)32(18-19-37(3,4)5)28-12-14-29(15-13-28)35(47)42-25-33(44-40)45-41/h9-15,24,26-27,32H,16-23,25,40-41H2,1-8H3,(H,42,47)(H,44,45). The molecule has 0 bridgehead atoms. The molecule has 2 aliphatic rings. The number of benzene rings is 2. The topological polar surface area (TPSA) is 147 Å². The van der Waals surface area contributed by atoms with Gasteiger partial charge in [0, 0.05) is 11.1 Å². The van der Waals surface area contributed by atoms with Crippen molar-refractivity contribution in [2.75, 3.05) is 13.2 Å². The number of carbonyl (C=O) groups excluding carboxylic acids is 2. The van der Waals surface area contributed by atoms with Gasteiger partial charge in [-0.3, -0.25) is 14.6 Å². The lowest BCUT2D eigenvalue weighted by atomic mass is 9.75. The molecule has 49 heavy (non-hydrogen) atoms. The number of nitrogens with one attached hydrogen (secondary N) is 2. The Balaban J connectivity index is 1.70. The van der Waals surface area contributed by atoms with Crippen molar-refractivity contribution >= 4 is 23.4 Å². The number of rotatable bonds is 12. The first-order chi connectivity index (χ1) is 23.1. The van der Waals surface area contributed by atoms with Crippen LogP contribution in [0, 0.1) is 22.7 Å². The molecule has 2 aromatic carbocycles. The van der Waals surface area contributed by atoms with E-state index in [1.807, 2.05) is 48.5 Å². The van der Waals surface area contributed by atoms with Crippen LogP contribution in [0.5, 0.6) is 5.75 Å². The zero-order valence-electron chi connectivity index (χ0n) is 30.9. The van der Waals surface area contributed by atoms with Gasteiger partial charge in [-0.05, 0) is 97.4 Å². The Morgan fingerprint density at radius 3 is 2.27 bits per heavy atom. The molecule has 0 saturated heterocycles. The molecular weight excluding hydrogens is 614 g/mol. The third kappa shape index (κ3) is 9.84. The average Bonchev–Trinajstić information content (AvgIpc) is 3.32. The second-order valence-electron chi connectivity index (χ2n) is 16.5. The van der Waals surface area contributed by atoms with Gasteiger partial charge in [-0.2, -0.15) is 5.10 Å². The van der Waals surface area contributed by atoms with Crippen LogP contribution in [-0.4, -0.2) is 47.1 Å². The Bertz CT molecular complexity index is 1490. The molecule has 1 fully saturated rings. The highest BCUT2D eigenvalue weighted by atomic mass is 16.5. The van der Waals surface area contributed by atoms with Crippen LogP contribution < -0.4 is 27.2 Å². The first-order valence-corrected chi connectivity index (χ1v) is 17.8. The van der Waals surface area contributed by atoms with E-state index in [4.69, 9.17) is 21.4 Å². The second kappa shape index (κ2) is 15.7. The van der Waals surface area contributed by atoms with E-state index in [-0.39, 0.29) is 41.1 Å². The normalized spacial score (nSPS) is 20.8. The number of amidine groups is 1. The van der Waals surface area contributed by atoms with Crippen molar-refractivity contribution in [1.82, 2.24) is 15.6 Å². The van der Waals surface area contributed by atoms with Crippen molar-refractivity contribution in [2.24, 2.45) is 44.4 Å². The first-order valence-electron chi connectivity index (χ1n) is 17.8. The molecule has 1 spiro atoms. The summed E-state index contributed by atoms with van der Waals surface area (Å²) in [7, 11) is 0. The van der Waals surface area contributed by atoms with Crippen LogP contribution in [0.3, 0.4) is 0 Å². The molecular formula is C39H59N7O3. The van der Waals surface area contributed by atoms with Crippen molar-refractivity contribution in [2.45, 2.75) is 112 Å². The quantitative estimate of drug-likeness (QED) is 0.0853. The van der Waals surface area contributed by atoms with E-state index in [2.05, 4.69) is 76.1 Å². The number of hydrazone groups is 1. The molecule has 1 heterocycles. The molecule has 1 saturated carbocycles. The summed E-state index contributed by atoms with van der Waals surface area (Å²) < 4.78 is 6.15. The average molecular weight is 674 g/mol. The minimum absolute atomic E-state index is 0.0431. The van der Waals surface area contributed by atoms with E-state index in [0.29, 0.717) is 29.7 Å². The van der Waals surface area contributed by atoms with Gasteiger partial charge < -0.3 is 26.2 Å². The summed E-state index contributed by atoms with van der Waals surface area (Å²) in [5.41, 5.74) is 4.74. The van der Waals surface area contributed by atoms with Gasteiger partial charge in [0.1, 0.15) is 17.1 Å². The van der Waals surface area contributed by atoms with E-state index >= 15 is 0 Å². The molecule has 268 valence electrons. The molecule has 0 radical (unpaired) electrons. The van der Waals surface area contributed by atoms with Crippen LogP contribution >= 0.6 is 0 Å². The summed E-state index contributed by atoms with van der Waals surface area (Å²) in [6.07, 6.45) is 6.28. The fourth-order valence-electron chi connectivity index (χ4n) is 6.83. The third-order valence-electron chi connectivity index (χ3n) is 9.97. The number of nitrogens with zero attached hydrogens (tertiary/aromatic N) is 3. The monoisotopic (exact) mass is 673 g/mol. The first kappa shape index (κ1) is 37.9.